The number of methoxy groups -OCH3 is 2. The largest absolute Gasteiger partial charge is 0.469 e. The van der Waals surface area contributed by atoms with Crippen molar-refractivity contribution in [2.75, 3.05) is 20.8 Å². The van der Waals surface area contributed by atoms with Crippen LogP contribution in [-0.2, 0) is 30.4 Å². The molecule has 1 rings (SSSR count). The number of nitrogens with two attached hydrogens (primary N) is 1. The highest BCUT2D eigenvalue weighted by Gasteiger charge is 2.26. The maximum Gasteiger partial charge on any atom is 0.322 e. The molecule has 2 N–H and O–H groups in total. The number of ether oxygens (including phenoxy) is 3. The minimum Gasteiger partial charge on any atom is -0.469 e. The highest BCUT2D eigenvalue weighted by Crippen LogP contribution is 2.11. The van der Waals surface area contributed by atoms with E-state index in [0.29, 0.717) is 6.61 Å². The number of hydrogen-bond acceptors (Lipinski definition) is 6. The van der Waals surface area contributed by atoms with Gasteiger partial charge in [0.15, 0.2) is 0 Å². The van der Waals surface area contributed by atoms with Crippen molar-refractivity contribution in [1.29, 1.82) is 0 Å². The van der Waals surface area contributed by atoms with Gasteiger partial charge in [-0.25, -0.2) is 0 Å². The van der Waals surface area contributed by atoms with Crippen molar-refractivity contribution in [3.63, 3.8) is 0 Å². The summed E-state index contributed by atoms with van der Waals surface area (Å²) in [6.07, 6.45) is 0.119. The minimum atomic E-state index is -0.876. The normalized spacial score (nSPS) is 13.3. The summed E-state index contributed by atoms with van der Waals surface area (Å²) in [5.41, 5.74) is 6.66. The average molecular weight is 295 g/mol. The van der Waals surface area contributed by atoms with E-state index >= 15 is 0 Å². The van der Waals surface area contributed by atoms with Crippen molar-refractivity contribution in [3.05, 3.63) is 35.9 Å². The van der Waals surface area contributed by atoms with Gasteiger partial charge in [-0.1, -0.05) is 30.3 Å². The Labute approximate surface area is 124 Å². The smallest absolute Gasteiger partial charge is 0.322 e. The van der Waals surface area contributed by atoms with Crippen LogP contribution in [0.1, 0.15) is 12.0 Å². The fourth-order valence-corrected chi connectivity index (χ4v) is 1.85. The molecular weight excluding hydrogens is 274 g/mol. The van der Waals surface area contributed by atoms with Gasteiger partial charge in [-0.05, 0) is 12.0 Å². The number of carbonyl (C=O) groups is 2. The Morgan fingerprint density at radius 1 is 1.10 bits per heavy atom. The lowest BCUT2D eigenvalue weighted by atomic mass is 10.0. The van der Waals surface area contributed by atoms with Gasteiger partial charge < -0.3 is 19.9 Å². The number of esters is 2. The molecular formula is C15H21NO5. The van der Waals surface area contributed by atoms with Crippen LogP contribution in [0.4, 0.5) is 0 Å². The van der Waals surface area contributed by atoms with Gasteiger partial charge in [0.1, 0.15) is 6.04 Å². The molecule has 1 aromatic rings. The third-order valence-corrected chi connectivity index (χ3v) is 3.01. The van der Waals surface area contributed by atoms with Crippen molar-refractivity contribution >= 4 is 11.9 Å². The van der Waals surface area contributed by atoms with Crippen LogP contribution in [-0.4, -0.2) is 38.8 Å². The van der Waals surface area contributed by atoms with Gasteiger partial charge in [0.2, 0.25) is 0 Å². The lowest BCUT2D eigenvalue weighted by molar-refractivity contribution is -0.149. The van der Waals surface area contributed by atoms with E-state index in [-0.39, 0.29) is 13.0 Å². The monoisotopic (exact) mass is 295 g/mol. The Kier molecular flexibility index (Phi) is 7.42. The van der Waals surface area contributed by atoms with Crippen LogP contribution < -0.4 is 5.73 Å². The summed E-state index contributed by atoms with van der Waals surface area (Å²) in [7, 11) is 2.54. The summed E-state index contributed by atoms with van der Waals surface area (Å²) in [5, 5.41) is 0. The molecule has 6 heteroatoms. The van der Waals surface area contributed by atoms with Gasteiger partial charge in [-0.3, -0.25) is 9.59 Å². The lowest BCUT2D eigenvalue weighted by Gasteiger charge is -2.17. The first-order chi connectivity index (χ1) is 10.1. The molecule has 0 radical (unpaired) electrons. The van der Waals surface area contributed by atoms with E-state index in [2.05, 4.69) is 4.74 Å². The molecule has 6 nitrogen and oxygen atoms in total. The highest BCUT2D eigenvalue weighted by atomic mass is 16.5. The standard InChI is InChI=1S/C15H21NO5/c1-19-14(17)12(8-13(16)15(18)20-2)10-21-9-11-6-4-3-5-7-11/h3-7,12-13H,8-10,16H2,1-2H3/t12-,13+/m1/s1. The van der Waals surface area contributed by atoms with E-state index in [0.717, 1.165) is 5.56 Å². The quantitative estimate of drug-likeness (QED) is 0.716. The zero-order chi connectivity index (χ0) is 15.7. The number of rotatable bonds is 8. The van der Waals surface area contributed by atoms with Gasteiger partial charge >= 0.3 is 11.9 Å². The van der Waals surface area contributed by atoms with E-state index < -0.39 is 23.9 Å². The second-order valence-corrected chi connectivity index (χ2v) is 4.59. The third kappa shape index (κ3) is 5.93. The predicted molar refractivity (Wildman–Crippen MR) is 76.2 cm³/mol. The lowest BCUT2D eigenvalue weighted by Crippen LogP contribution is -2.37. The average Bonchev–Trinajstić information content (AvgIpc) is 2.53. The first-order valence-corrected chi connectivity index (χ1v) is 6.61. The number of carbonyl (C=O) groups excluding carboxylic acids is 2. The summed E-state index contributed by atoms with van der Waals surface area (Å²) in [5.74, 6) is -1.62. The fraction of sp³-hybridized carbons (Fsp3) is 0.467. The molecule has 1 aromatic carbocycles. The Morgan fingerprint density at radius 3 is 2.29 bits per heavy atom. The summed E-state index contributed by atoms with van der Waals surface area (Å²) in [6.45, 7) is 0.508. The number of hydrogen-bond donors (Lipinski definition) is 1. The molecule has 0 aliphatic rings. The van der Waals surface area contributed by atoms with Crippen LogP contribution in [0, 0.1) is 5.92 Å². The van der Waals surface area contributed by atoms with E-state index in [4.69, 9.17) is 15.2 Å². The Balaban J connectivity index is 2.50. The molecule has 0 saturated heterocycles. The Hall–Kier alpha value is -1.92. The van der Waals surface area contributed by atoms with E-state index in [1.807, 2.05) is 30.3 Å². The zero-order valence-electron chi connectivity index (χ0n) is 12.3. The second-order valence-electron chi connectivity index (χ2n) is 4.59. The molecule has 0 saturated carbocycles. The van der Waals surface area contributed by atoms with Crippen LogP contribution in [0.3, 0.4) is 0 Å². The van der Waals surface area contributed by atoms with Gasteiger partial charge in [0.25, 0.3) is 0 Å². The van der Waals surface area contributed by atoms with E-state index in [1.165, 1.54) is 14.2 Å². The molecule has 0 heterocycles. The Morgan fingerprint density at radius 2 is 1.71 bits per heavy atom. The van der Waals surface area contributed by atoms with Crippen molar-refractivity contribution in [2.24, 2.45) is 11.7 Å². The molecule has 116 valence electrons. The van der Waals surface area contributed by atoms with E-state index in [1.54, 1.807) is 0 Å². The molecule has 0 fully saturated rings. The van der Waals surface area contributed by atoms with Crippen molar-refractivity contribution < 1.29 is 23.8 Å². The zero-order valence-corrected chi connectivity index (χ0v) is 12.3. The molecule has 0 unspecified atom stereocenters. The minimum absolute atomic E-state index is 0.119. The van der Waals surface area contributed by atoms with Crippen LogP contribution >= 0.6 is 0 Å². The molecule has 2 atom stereocenters. The molecule has 0 aliphatic heterocycles. The first kappa shape index (κ1) is 17.1. The van der Waals surface area contributed by atoms with Gasteiger partial charge in [0.05, 0.1) is 33.4 Å². The van der Waals surface area contributed by atoms with Gasteiger partial charge in [-0.2, -0.15) is 0 Å². The second kappa shape index (κ2) is 9.10. The van der Waals surface area contributed by atoms with Crippen molar-refractivity contribution in [3.8, 4) is 0 Å². The van der Waals surface area contributed by atoms with Crippen LogP contribution in [0.5, 0.6) is 0 Å². The molecule has 0 aliphatic carbocycles. The number of benzene rings is 1. The van der Waals surface area contributed by atoms with Gasteiger partial charge in [-0.15, -0.1) is 0 Å². The highest BCUT2D eigenvalue weighted by molar-refractivity contribution is 5.78. The summed E-state index contributed by atoms with van der Waals surface area (Å²) in [6, 6.07) is 8.70. The fourth-order valence-electron chi connectivity index (χ4n) is 1.85. The van der Waals surface area contributed by atoms with Crippen LogP contribution in [0.25, 0.3) is 0 Å². The topological polar surface area (TPSA) is 87.9 Å². The molecule has 0 amide bonds. The SMILES string of the molecule is COC(=O)[C@@H](COCc1ccccc1)C[C@H](N)C(=O)OC. The Bertz CT molecular complexity index is 449. The molecule has 21 heavy (non-hydrogen) atoms. The summed E-state index contributed by atoms with van der Waals surface area (Å²) < 4.78 is 14.8. The molecule has 0 bridgehead atoms. The summed E-state index contributed by atoms with van der Waals surface area (Å²) >= 11 is 0. The first-order valence-electron chi connectivity index (χ1n) is 6.61. The molecule has 0 aromatic heterocycles. The molecule has 0 spiro atoms. The van der Waals surface area contributed by atoms with E-state index in [9.17, 15) is 9.59 Å². The van der Waals surface area contributed by atoms with Crippen LogP contribution in [0.15, 0.2) is 30.3 Å². The van der Waals surface area contributed by atoms with Gasteiger partial charge in [0, 0.05) is 0 Å². The summed E-state index contributed by atoms with van der Waals surface area (Å²) in [4.78, 5) is 23.0. The van der Waals surface area contributed by atoms with Crippen molar-refractivity contribution in [1.82, 2.24) is 0 Å². The predicted octanol–water partition coefficient (Wildman–Crippen LogP) is 0.883. The maximum atomic E-state index is 11.7. The van der Waals surface area contributed by atoms with Crippen LogP contribution in [0.2, 0.25) is 0 Å². The maximum absolute atomic E-state index is 11.7. The third-order valence-electron chi connectivity index (χ3n) is 3.01. The van der Waals surface area contributed by atoms with Crippen molar-refractivity contribution in [2.45, 2.75) is 19.1 Å².